The zero-order valence-corrected chi connectivity index (χ0v) is 10.2. The quantitative estimate of drug-likeness (QED) is 0.341. The standard InChI is InChI=1S/6CN.Mn.Na.H/c6*1-2;;;/q6*-1;;+1;-1. The second-order valence-corrected chi connectivity index (χ2v) is 0. The van der Waals surface area contributed by atoms with Crippen LogP contribution in [0.1, 0.15) is 1.43 Å². The van der Waals surface area contributed by atoms with Gasteiger partial charge in [-0.3, -0.25) is 0 Å². The molecular weight excluding hydrogens is 234 g/mol. The molecule has 1 radical (unpaired) electrons. The molecule has 0 fully saturated rings. The third-order valence-corrected chi connectivity index (χ3v) is 0. The summed E-state index contributed by atoms with van der Waals surface area (Å²) in [4.78, 5) is 0. The van der Waals surface area contributed by atoms with E-state index in [1.807, 2.05) is 0 Å². The van der Waals surface area contributed by atoms with Crippen LogP contribution in [0.4, 0.5) is 0 Å². The minimum atomic E-state index is 0. The van der Waals surface area contributed by atoms with Gasteiger partial charge < -0.3 is 72.4 Å². The average molecular weight is 235 g/mol. The first-order chi connectivity index (χ1) is 6.00. The van der Waals surface area contributed by atoms with Crippen molar-refractivity contribution in [2.45, 2.75) is 0 Å². The smallest absolute Gasteiger partial charge is 1.00 e. The summed E-state index contributed by atoms with van der Waals surface area (Å²) in [7, 11) is 0. The van der Waals surface area contributed by atoms with Crippen molar-refractivity contribution in [1.82, 2.24) is 0 Å². The second kappa shape index (κ2) is 528. The molecule has 0 heterocycles. The van der Waals surface area contributed by atoms with Gasteiger partial charge in [0.2, 0.25) is 0 Å². The number of rotatable bonds is 0. The van der Waals surface area contributed by atoms with E-state index in [1.54, 1.807) is 0 Å². The van der Waals surface area contributed by atoms with Gasteiger partial charge in [-0.2, -0.15) is 0 Å². The molecule has 0 aliphatic heterocycles. The van der Waals surface area contributed by atoms with Crippen LogP contribution in [0.5, 0.6) is 0 Å². The fraction of sp³-hybridized carbons (Fsp3) is 0. The van der Waals surface area contributed by atoms with Crippen molar-refractivity contribution in [2.75, 3.05) is 0 Å². The Kier molecular flexibility index (Phi) is 3100. The Labute approximate surface area is 118 Å². The molecule has 0 rings (SSSR count). The Morgan fingerprint density at radius 2 is 0.429 bits per heavy atom. The van der Waals surface area contributed by atoms with Crippen LogP contribution in [-0.2, 0) is 17.1 Å². The van der Waals surface area contributed by atoms with E-state index in [1.165, 1.54) is 0 Å². The van der Waals surface area contributed by atoms with Crippen LogP contribution in [0.25, 0.3) is 0 Å². The molecular formula is C6HMnN6Na-6. The summed E-state index contributed by atoms with van der Waals surface area (Å²) in [5.74, 6) is 0. The van der Waals surface area contributed by atoms with E-state index in [2.05, 4.69) is 0 Å². The predicted molar refractivity (Wildman–Crippen MR) is 30.9 cm³/mol. The van der Waals surface area contributed by atoms with E-state index >= 15 is 0 Å². The molecule has 0 aliphatic rings. The molecule has 0 aliphatic carbocycles. The molecule has 6 nitrogen and oxygen atoms in total. The minimum Gasteiger partial charge on any atom is -1.00 e. The van der Waals surface area contributed by atoms with E-state index < -0.39 is 0 Å². The SMILES string of the molecule is [C-]#N.[C-]#N.[C-]#N.[C-]#N.[C-]#N.[C-]#N.[H-].[Mn].[Na+]. The van der Waals surface area contributed by atoms with E-state index in [0.717, 1.165) is 0 Å². The van der Waals surface area contributed by atoms with Crippen molar-refractivity contribution < 1.29 is 48.1 Å². The van der Waals surface area contributed by atoms with E-state index in [4.69, 9.17) is 71.0 Å². The van der Waals surface area contributed by atoms with Crippen molar-refractivity contribution in [3.8, 4) is 0 Å². The first kappa shape index (κ1) is 82.3. The molecule has 14 heavy (non-hydrogen) atoms. The minimum absolute atomic E-state index is 0. The topological polar surface area (TPSA) is 143 Å². The molecule has 0 saturated heterocycles. The Morgan fingerprint density at radius 3 is 0.429 bits per heavy atom. The van der Waals surface area contributed by atoms with Gasteiger partial charge in [0.05, 0.1) is 0 Å². The molecule has 0 aromatic rings. The molecule has 69 valence electrons. The predicted octanol–water partition coefficient (Wildman–Crippen LogP) is -2.31. The third-order valence-electron chi connectivity index (χ3n) is 0. The maximum Gasteiger partial charge on any atom is 1.00 e. The Morgan fingerprint density at radius 1 is 0.429 bits per heavy atom. The van der Waals surface area contributed by atoms with Crippen molar-refractivity contribution in [2.24, 2.45) is 0 Å². The maximum absolute atomic E-state index is 6.25. The van der Waals surface area contributed by atoms with E-state index in [0.29, 0.717) is 0 Å². The normalized spacial score (nSPS) is 0.857. The summed E-state index contributed by atoms with van der Waals surface area (Å²) >= 11 is 0. The molecule has 0 atom stereocenters. The summed E-state index contributed by atoms with van der Waals surface area (Å²) < 4.78 is 0. The monoisotopic (exact) mass is 235 g/mol. The summed E-state index contributed by atoms with van der Waals surface area (Å²) in [6.07, 6.45) is 0. The number of hydrogen-bond acceptors (Lipinski definition) is 6. The Hall–Kier alpha value is -1.54. The fourth-order valence-electron chi connectivity index (χ4n) is 0. The number of nitrogens with zero attached hydrogens (tertiary/aromatic N) is 6. The Bertz CT molecular complexity index is 103. The van der Waals surface area contributed by atoms with Gasteiger partial charge in [-0.1, -0.05) is 0 Å². The van der Waals surface area contributed by atoms with Crippen LogP contribution in [0.15, 0.2) is 0 Å². The largest absolute Gasteiger partial charge is 1.00 e. The van der Waals surface area contributed by atoms with Crippen LogP contribution in [0, 0.1) is 71.0 Å². The molecule has 0 bridgehead atoms. The van der Waals surface area contributed by atoms with E-state index in [-0.39, 0.29) is 48.1 Å². The van der Waals surface area contributed by atoms with Gasteiger partial charge >= 0.3 is 29.6 Å². The maximum atomic E-state index is 6.25. The fourth-order valence-corrected chi connectivity index (χ4v) is 0. The molecule has 0 saturated carbocycles. The summed E-state index contributed by atoms with van der Waals surface area (Å²) in [5.41, 5.74) is 0. The van der Waals surface area contributed by atoms with Crippen LogP contribution in [0.3, 0.4) is 0 Å². The van der Waals surface area contributed by atoms with Gasteiger partial charge in [0.1, 0.15) is 0 Å². The molecule has 8 heteroatoms. The van der Waals surface area contributed by atoms with Gasteiger partial charge in [0.15, 0.2) is 0 Å². The molecule has 0 N–H and O–H groups in total. The molecule has 0 amide bonds. The molecule has 0 aromatic carbocycles. The molecule has 0 aromatic heterocycles. The van der Waals surface area contributed by atoms with Gasteiger partial charge in [-0.15, -0.1) is 0 Å². The zero-order valence-electron chi connectivity index (χ0n) is 8.06. The number of hydrogen-bond donors (Lipinski definition) is 0. The van der Waals surface area contributed by atoms with Gasteiger partial charge in [0.25, 0.3) is 0 Å². The Balaban J connectivity index is -0.00000000396. The first-order valence-corrected chi connectivity index (χ1v) is 1.34. The van der Waals surface area contributed by atoms with Crippen molar-refractivity contribution in [1.29, 1.82) is 31.6 Å². The van der Waals surface area contributed by atoms with Crippen molar-refractivity contribution in [3.63, 3.8) is 0 Å². The average Bonchev–Trinajstić information content (AvgIpc) is 2.33. The van der Waals surface area contributed by atoms with Gasteiger partial charge in [0, 0.05) is 17.1 Å². The summed E-state index contributed by atoms with van der Waals surface area (Å²) in [5, 5.41) is 37.5. The van der Waals surface area contributed by atoms with Crippen molar-refractivity contribution >= 4 is 0 Å². The van der Waals surface area contributed by atoms with E-state index in [9.17, 15) is 0 Å². The first-order valence-electron chi connectivity index (χ1n) is 1.34. The summed E-state index contributed by atoms with van der Waals surface area (Å²) in [6, 6.07) is 0. The van der Waals surface area contributed by atoms with Crippen LogP contribution < -0.4 is 29.6 Å². The van der Waals surface area contributed by atoms with Gasteiger partial charge in [-0.05, 0) is 0 Å². The molecule has 0 unspecified atom stereocenters. The molecule has 0 spiro atoms. The van der Waals surface area contributed by atoms with Crippen LogP contribution >= 0.6 is 0 Å². The summed E-state index contributed by atoms with van der Waals surface area (Å²) in [6.45, 7) is 28.5. The van der Waals surface area contributed by atoms with Gasteiger partial charge in [-0.25, -0.2) is 0 Å². The second-order valence-electron chi connectivity index (χ2n) is 0. The van der Waals surface area contributed by atoms with Crippen LogP contribution in [0.2, 0.25) is 0 Å². The zero-order chi connectivity index (χ0) is 12.0. The van der Waals surface area contributed by atoms with Crippen molar-refractivity contribution in [3.05, 3.63) is 39.4 Å². The van der Waals surface area contributed by atoms with Crippen LogP contribution in [-0.4, -0.2) is 0 Å². The third kappa shape index (κ3) is 394.